The van der Waals surface area contributed by atoms with Gasteiger partial charge >= 0.3 is 0 Å². The average molecular weight is 384 g/mol. The summed E-state index contributed by atoms with van der Waals surface area (Å²) in [7, 11) is 0. The van der Waals surface area contributed by atoms with Crippen LogP contribution in [0.3, 0.4) is 0 Å². The number of aromatic nitrogens is 3. The molecule has 9 nitrogen and oxygen atoms in total. The van der Waals surface area contributed by atoms with Crippen molar-refractivity contribution in [3.63, 3.8) is 0 Å². The van der Waals surface area contributed by atoms with Crippen LogP contribution in [0.4, 0.5) is 5.95 Å². The molecule has 1 saturated carbocycles. The molecule has 0 aliphatic heterocycles. The quantitative estimate of drug-likeness (QED) is 0.379. The lowest BCUT2D eigenvalue weighted by Crippen LogP contribution is -2.51. The van der Waals surface area contributed by atoms with E-state index in [1.807, 2.05) is 12.1 Å². The summed E-state index contributed by atoms with van der Waals surface area (Å²) < 4.78 is 0. The fourth-order valence-electron chi connectivity index (χ4n) is 3.46. The van der Waals surface area contributed by atoms with Gasteiger partial charge in [0, 0.05) is 24.2 Å². The van der Waals surface area contributed by atoms with Gasteiger partial charge in [-0.3, -0.25) is 30.6 Å². The Balaban J connectivity index is 1.70. The van der Waals surface area contributed by atoms with E-state index in [9.17, 15) is 14.8 Å². The van der Waals surface area contributed by atoms with E-state index in [1.165, 1.54) is 0 Å². The van der Waals surface area contributed by atoms with Crippen molar-refractivity contribution in [3.05, 3.63) is 36.8 Å². The number of hydrazine groups is 1. The van der Waals surface area contributed by atoms with Crippen LogP contribution in [0.2, 0.25) is 0 Å². The molecule has 0 unspecified atom stereocenters. The van der Waals surface area contributed by atoms with Crippen molar-refractivity contribution in [1.82, 2.24) is 25.4 Å². The lowest BCUT2D eigenvalue weighted by Gasteiger charge is -2.38. The Kier molecular flexibility index (Phi) is 6.15. The van der Waals surface area contributed by atoms with E-state index in [-0.39, 0.29) is 18.4 Å². The number of hydroxylamine groups is 2. The van der Waals surface area contributed by atoms with E-state index in [0.29, 0.717) is 35.9 Å². The maximum atomic E-state index is 12.9. The Hall–Kier alpha value is -3.07. The van der Waals surface area contributed by atoms with E-state index in [1.54, 1.807) is 24.7 Å². The third kappa shape index (κ3) is 4.61. The second-order valence-electron chi connectivity index (χ2n) is 7.25. The van der Waals surface area contributed by atoms with Gasteiger partial charge in [-0.2, -0.15) is 0 Å². The molecule has 0 radical (unpaired) electrons. The lowest BCUT2D eigenvalue weighted by atomic mass is 9.70. The number of carbonyl (C=O) groups is 2. The zero-order valence-electron chi connectivity index (χ0n) is 15.7. The fraction of sp³-hybridized carbons (Fsp3) is 0.421. The van der Waals surface area contributed by atoms with Crippen molar-refractivity contribution in [2.75, 3.05) is 12.0 Å². The normalized spacial score (nSPS) is 21.6. The molecule has 2 aromatic rings. The minimum Gasteiger partial charge on any atom is -0.286 e. The second-order valence-corrected chi connectivity index (χ2v) is 7.25. The predicted molar refractivity (Wildman–Crippen MR) is 102 cm³/mol. The number of nitrogens with zero attached hydrogens (tertiary/aromatic N) is 4. The molecule has 0 aromatic carbocycles. The molecule has 1 fully saturated rings. The molecule has 3 N–H and O–H groups in total. The number of carbonyl (C=O) groups excluding carboxylic acids is 2. The summed E-state index contributed by atoms with van der Waals surface area (Å²) in [5.74, 6) is 0.456. The maximum Gasteiger partial charge on any atom is 0.246 e. The molecule has 2 heterocycles. The third-order valence-electron chi connectivity index (χ3n) is 5.20. The number of nitrogens with one attached hydrogen (secondary N) is 2. The van der Waals surface area contributed by atoms with Gasteiger partial charge in [0.2, 0.25) is 18.3 Å². The van der Waals surface area contributed by atoms with Crippen molar-refractivity contribution < 1.29 is 14.8 Å². The van der Waals surface area contributed by atoms with Gasteiger partial charge in [0.05, 0.1) is 17.7 Å². The number of rotatable bonds is 7. The number of hydrogen-bond donors (Lipinski definition) is 3. The van der Waals surface area contributed by atoms with Crippen LogP contribution in [0.1, 0.15) is 32.6 Å². The molecule has 1 aliphatic carbocycles. The van der Waals surface area contributed by atoms with Gasteiger partial charge in [0.25, 0.3) is 0 Å². The van der Waals surface area contributed by atoms with E-state index < -0.39 is 5.41 Å². The van der Waals surface area contributed by atoms with Crippen molar-refractivity contribution >= 4 is 18.3 Å². The topological polar surface area (TPSA) is 120 Å². The molecule has 1 aliphatic rings. The Morgan fingerprint density at radius 3 is 2.82 bits per heavy atom. The molecule has 0 atom stereocenters. The summed E-state index contributed by atoms with van der Waals surface area (Å²) in [4.78, 5) is 36.3. The van der Waals surface area contributed by atoms with E-state index in [4.69, 9.17) is 0 Å². The fourth-order valence-corrected chi connectivity index (χ4v) is 3.46. The maximum absolute atomic E-state index is 12.9. The van der Waals surface area contributed by atoms with Crippen LogP contribution >= 0.6 is 0 Å². The van der Waals surface area contributed by atoms with Crippen LogP contribution < -0.4 is 10.9 Å². The first-order valence-corrected chi connectivity index (χ1v) is 9.23. The number of amides is 2. The summed E-state index contributed by atoms with van der Waals surface area (Å²) in [6.45, 7) is 2.08. The summed E-state index contributed by atoms with van der Waals surface area (Å²) in [5.41, 5.74) is 6.05. The Morgan fingerprint density at radius 2 is 2.14 bits per heavy atom. The Labute approximate surface area is 163 Å². The first-order chi connectivity index (χ1) is 13.5. The van der Waals surface area contributed by atoms with Crippen molar-refractivity contribution in [2.45, 2.75) is 32.6 Å². The molecule has 28 heavy (non-hydrogen) atoms. The van der Waals surface area contributed by atoms with Gasteiger partial charge in [-0.05, 0) is 49.8 Å². The van der Waals surface area contributed by atoms with Gasteiger partial charge in [-0.25, -0.2) is 15.0 Å². The number of anilines is 1. The largest absolute Gasteiger partial charge is 0.286 e. The molecule has 148 valence electrons. The second kappa shape index (κ2) is 8.75. The zero-order valence-corrected chi connectivity index (χ0v) is 15.7. The van der Waals surface area contributed by atoms with Crippen LogP contribution in [0.25, 0.3) is 11.3 Å². The Morgan fingerprint density at radius 1 is 1.36 bits per heavy atom. The molecule has 0 saturated heterocycles. The average Bonchev–Trinajstić information content (AvgIpc) is 2.74. The van der Waals surface area contributed by atoms with Crippen LogP contribution in [0.5, 0.6) is 0 Å². The Bertz CT molecular complexity index is 808. The molecular formula is C19H24N6O3. The summed E-state index contributed by atoms with van der Waals surface area (Å²) in [5, 5.41) is 10.2. The van der Waals surface area contributed by atoms with E-state index in [0.717, 1.165) is 18.4 Å². The SMILES string of the molecule is CC1CCC(CN(O)C=O)(C(=O)NNc2nccc(-c3cccnc3)n2)CC1. The standard InChI is InChI=1S/C19H24N6O3/c1-14-4-7-19(8-5-14,12-25(28)13-26)17(27)23-24-18-21-10-6-16(22-18)15-3-2-9-20-11-15/h2-3,6,9-11,13-14,28H,4-5,7-8,12H2,1H3,(H,23,27)(H,21,22,24). The van der Waals surface area contributed by atoms with Crippen LogP contribution in [0, 0.1) is 11.3 Å². The third-order valence-corrected chi connectivity index (χ3v) is 5.20. The smallest absolute Gasteiger partial charge is 0.246 e. The van der Waals surface area contributed by atoms with Gasteiger partial charge < -0.3 is 0 Å². The molecule has 2 amide bonds. The van der Waals surface area contributed by atoms with Crippen LogP contribution in [-0.2, 0) is 9.59 Å². The number of hydrogen-bond acceptors (Lipinski definition) is 7. The highest BCUT2D eigenvalue weighted by Gasteiger charge is 2.42. The van der Waals surface area contributed by atoms with Gasteiger partial charge in [-0.15, -0.1) is 0 Å². The molecule has 9 heteroatoms. The molecule has 3 rings (SSSR count). The monoisotopic (exact) mass is 384 g/mol. The van der Waals surface area contributed by atoms with Crippen LogP contribution in [-0.4, -0.2) is 44.1 Å². The molecule has 2 aromatic heterocycles. The van der Waals surface area contributed by atoms with E-state index in [2.05, 4.69) is 32.7 Å². The minimum atomic E-state index is -0.851. The van der Waals surface area contributed by atoms with Crippen molar-refractivity contribution in [1.29, 1.82) is 0 Å². The van der Waals surface area contributed by atoms with Gasteiger partial charge in [0.15, 0.2) is 0 Å². The first kappa shape index (κ1) is 19.7. The summed E-state index contributed by atoms with van der Waals surface area (Å²) in [6.07, 6.45) is 8.16. The van der Waals surface area contributed by atoms with Crippen molar-refractivity contribution in [3.8, 4) is 11.3 Å². The molecule has 0 bridgehead atoms. The number of pyridine rings is 1. The first-order valence-electron chi connectivity index (χ1n) is 9.23. The minimum absolute atomic E-state index is 0.0483. The summed E-state index contributed by atoms with van der Waals surface area (Å²) >= 11 is 0. The van der Waals surface area contributed by atoms with Crippen LogP contribution in [0.15, 0.2) is 36.8 Å². The highest BCUT2D eigenvalue weighted by molar-refractivity contribution is 5.84. The molecule has 0 spiro atoms. The lowest BCUT2D eigenvalue weighted by molar-refractivity contribution is -0.163. The molecular weight excluding hydrogens is 360 g/mol. The van der Waals surface area contributed by atoms with Gasteiger partial charge in [-0.1, -0.05) is 6.92 Å². The highest BCUT2D eigenvalue weighted by Crippen LogP contribution is 2.39. The summed E-state index contributed by atoms with van der Waals surface area (Å²) in [6, 6.07) is 5.45. The van der Waals surface area contributed by atoms with Crippen molar-refractivity contribution in [2.24, 2.45) is 11.3 Å². The highest BCUT2D eigenvalue weighted by atomic mass is 16.5. The predicted octanol–water partition coefficient (Wildman–Crippen LogP) is 2.03. The van der Waals surface area contributed by atoms with Gasteiger partial charge in [0.1, 0.15) is 0 Å². The van der Waals surface area contributed by atoms with E-state index >= 15 is 0 Å². The zero-order chi connectivity index (χ0) is 20.0.